The van der Waals surface area contributed by atoms with Crippen molar-refractivity contribution >= 4 is 28.3 Å². The molecular weight excluding hydrogens is 362 g/mol. The van der Waals surface area contributed by atoms with Crippen molar-refractivity contribution in [1.82, 2.24) is 20.1 Å². The van der Waals surface area contributed by atoms with E-state index in [-0.39, 0.29) is 23.9 Å². The van der Waals surface area contributed by atoms with Crippen LogP contribution in [0.25, 0.3) is 0 Å². The SMILES string of the molecule is CC1(C)C(=O)NC2CCCCC2N1C(=O)CN1CCN(c2nccs2)CC1. The van der Waals surface area contributed by atoms with E-state index in [4.69, 9.17) is 0 Å². The molecule has 0 spiro atoms. The standard InChI is InChI=1S/C19H29N5O2S/c1-19(2)17(26)21-14-5-3-4-6-15(14)24(19)16(25)13-22-8-10-23(11-9-22)18-20-7-12-27-18/h7,12,14-15H,3-6,8-11,13H2,1-2H3,(H,21,26). The molecule has 1 aliphatic carbocycles. The second-order valence-electron chi connectivity index (χ2n) is 8.33. The number of amides is 2. The molecule has 2 saturated heterocycles. The van der Waals surface area contributed by atoms with E-state index in [9.17, 15) is 9.59 Å². The van der Waals surface area contributed by atoms with Crippen LogP contribution in [0.15, 0.2) is 11.6 Å². The molecule has 1 saturated carbocycles. The third-order valence-electron chi connectivity index (χ3n) is 6.23. The Bertz CT molecular complexity index is 684. The van der Waals surface area contributed by atoms with E-state index < -0.39 is 5.54 Å². The van der Waals surface area contributed by atoms with Gasteiger partial charge in [-0.1, -0.05) is 12.8 Å². The number of thiazole rings is 1. The number of hydrogen-bond acceptors (Lipinski definition) is 6. The van der Waals surface area contributed by atoms with Gasteiger partial charge in [-0.25, -0.2) is 4.98 Å². The molecule has 2 atom stereocenters. The predicted molar refractivity (Wildman–Crippen MR) is 106 cm³/mol. The third kappa shape index (κ3) is 3.57. The molecule has 8 heteroatoms. The molecule has 1 aromatic heterocycles. The zero-order valence-corrected chi connectivity index (χ0v) is 17.0. The highest BCUT2D eigenvalue weighted by Gasteiger charge is 2.50. The number of fused-ring (bicyclic) bond motifs is 1. The fourth-order valence-corrected chi connectivity index (χ4v) is 5.39. The molecule has 2 amide bonds. The molecule has 0 radical (unpaired) electrons. The van der Waals surface area contributed by atoms with Gasteiger partial charge in [0.05, 0.1) is 12.6 Å². The molecule has 1 aromatic rings. The van der Waals surface area contributed by atoms with Gasteiger partial charge in [-0.2, -0.15) is 0 Å². The second kappa shape index (κ2) is 7.39. The number of carbonyl (C=O) groups excluding carboxylic acids is 2. The summed E-state index contributed by atoms with van der Waals surface area (Å²) in [4.78, 5) is 36.7. The molecule has 2 aliphatic heterocycles. The van der Waals surface area contributed by atoms with E-state index in [1.54, 1.807) is 11.3 Å². The third-order valence-corrected chi connectivity index (χ3v) is 7.06. The summed E-state index contributed by atoms with van der Waals surface area (Å²) in [6.45, 7) is 7.62. The Morgan fingerprint density at radius 1 is 1.26 bits per heavy atom. The maximum Gasteiger partial charge on any atom is 0.245 e. The number of hydrogen-bond donors (Lipinski definition) is 1. The minimum atomic E-state index is -0.779. The van der Waals surface area contributed by atoms with Crippen LogP contribution in [0.2, 0.25) is 0 Å². The summed E-state index contributed by atoms with van der Waals surface area (Å²) in [6.07, 6.45) is 6.05. The Balaban J connectivity index is 1.41. The first-order valence-corrected chi connectivity index (χ1v) is 10.8. The fourth-order valence-electron chi connectivity index (χ4n) is 4.69. The minimum absolute atomic E-state index is 0.0208. The summed E-state index contributed by atoms with van der Waals surface area (Å²) in [6, 6.07) is 0.250. The Kier molecular flexibility index (Phi) is 5.11. The lowest BCUT2D eigenvalue weighted by Gasteiger charge is -2.52. The lowest BCUT2D eigenvalue weighted by molar-refractivity contribution is -0.158. The number of nitrogens with zero attached hydrogens (tertiary/aromatic N) is 4. The maximum absolute atomic E-state index is 13.3. The van der Waals surface area contributed by atoms with Crippen molar-refractivity contribution in [3.05, 3.63) is 11.6 Å². The van der Waals surface area contributed by atoms with Crippen molar-refractivity contribution in [3.63, 3.8) is 0 Å². The van der Waals surface area contributed by atoms with Crippen molar-refractivity contribution in [2.24, 2.45) is 0 Å². The van der Waals surface area contributed by atoms with Crippen LogP contribution in [0.1, 0.15) is 39.5 Å². The Labute approximate surface area is 164 Å². The molecule has 0 aromatic carbocycles. The largest absolute Gasteiger partial charge is 0.349 e. The van der Waals surface area contributed by atoms with Crippen molar-refractivity contribution < 1.29 is 9.59 Å². The van der Waals surface area contributed by atoms with Crippen molar-refractivity contribution in [3.8, 4) is 0 Å². The van der Waals surface area contributed by atoms with Crippen LogP contribution in [0.4, 0.5) is 5.13 Å². The monoisotopic (exact) mass is 391 g/mol. The van der Waals surface area contributed by atoms with Crippen LogP contribution in [-0.2, 0) is 9.59 Å². The van der Waals surface area contributed by atoms with Crippen molar-refractivity contribution in [2.45, 2.75) is 57.2 Å². The first-order chi connectivity index (χ1) is 13.0. The average Bonchev–Trinajstić information content (AvgIpc) is 3.18. The number of aromatic nitrogens is 1. The van der Waals surface area contributed by atoms with E-state index in [2.05, 4.69) is 20.1 Å². The molecule has 3 aliphatic rings. The van der Waals surface area contributed by atoms with Gasteiger partial charge >= 0.3 is 0 Å². The molecule has 1 N–H and O–H groups in total. The Morgan fingerprint density at radius 2 is 2.00 bits per heavy atom. The second-order valence-corrected chi connectivity index (χ2v) is 9.21. The molecular formula is C19H29N5O2S. The van der Waals surface area contributed by atoms with Gasteiger partial charge in [0.1, 0.15) is 5.54 Å². The van der Waals surface area contributed by atoms with Crippen LogP contribution in [0.5, 0.6) is 0 Å². The molecule has 2 unspecified atom stereocenters. The predicted octanol–water partition coefficient (Wildman–Crippen LogP) is 1.31. The van der Waals surface area contributed by atoms with Crippen molar-refractivity contribution in [1.29, 1.82) is 0 Å². The highest BCUT2D eigenvalue weighted by atomic mass is 32.1. The summed E-state index contributed by atoms with van der Waals surface area (Å²) >= 11 is 1.66. The van der Waals surface area contributed by atoms with Crippen LogP contribution in [0, 0.1) is 0 Å². The van der Waals surface area contributed by atoms with Gasteiger partial charge in [0.15, 0.2) is 5.13 Å². The molecule has 27 heavy (non-hydrogen) atoms. The van der Waals surface area contributed by atoms with E-state index in [0.29, 0.717) is 6.54 Å². The average molecular weight is 392 g/mol. The zero-order valence-electron chi connectivity index (χ0n) is 16.2. The van der Waals surface area contributed by atoms with Crippen LogP contribution in [0.3, 0.4) is 0 Å². The Hall–Kier alpha value is -1.67. The number of anilines is 1. The van der Waals surface area contributed by atoms with Gasteiger partial charge in [-0.05, 0) is 26.7 Å². The first-order valence-electron chi connectivity index (χ1n) is 9.97. The van der Waals surface area contributed by atoms with Gasteiger partial charge in [0, 0.05) is 43.8 Å². The molecule has 3 heterocycles. The first kappa shape index (κ1) is 18.7. The van der Waals surface area contributed by atoms with Gasteiger partial charge in [-0.3, -0.25) is 14.5 Å². The van der Waals surface area contributed by atoms with E-state index >= 15 is 0 Å². The number of rotatable bonds is 3. The molecule has 4 rings (SSSR count). The Morgan fingerprint density at radius 3 is 2.70 bits per heavy atom. The number of carbonyl (C=O) groups is 2. The van der Waals surface area contributed by atoms with Gasteiger partial charge in [0.2, 0.25) is 11.8 Å². The lowest BCUT2D eigenvalue weighted by atomic mass is 9.82. The van der Waals surface area contributed by atoms with Crippen LogP contribution >= 0.6 is 11.3 Å². The van der Waals surface area contributed by atoms with E-state index in [1.807, 2.05) is 30.3 Å². The summed E-state index contributed by atoms with van der Waals surface area (Å²) in [5, 5.41) is 6.21. The molecule has 7 nitrogen and oxygen atoms in total. The smallest absolute Gasteiger partial charge is 0.245 e. The number of nitrogens with one attached hydrogen (secondary N) is 1. The zero-order chi connectivity index (χ0) is 19.0. The number of piperazine rings is 2. The van der Waals surface area contributed by atoms with E-state index in [1.165, 1.54) is 0 Å². The summed E-state index contributed by atoms with van der Waals surface area (Å²) in [5.41, 5.74) is -0.779. The normalized spacial score (nSPS) is 28.6. The minimum Gasteiger partial charge on any atom is -0.349 e. The topological polar surface area (TPSA) is 68.8 Å². The molecule has 0 bridgehead atoms. The summed E-state index contributed by atoms with van der Waals surface area (Å²) < 4.78 is 0. The van der Waals surface area contributed by atoms with E-state index in [0.717, 1.165) is 57.0 Å². The fraction of sp³-hybridized carbons (Fsp3) is 0.737. The highest BCUT2D eigenvalue weighted by Crippen LogP contribution is 2.33. The summed E-state index contributed by atoms with van der Waals surface area (Å²) in [5.74, 6) is 0.0713. The lowest BCUT2D eigenvalue weighted by Crippen LogP contribution is -2.72. The quantitative estimate of drug-likeness (QED) is 0.842. The van der Waals surface area contributed by atoms with Crippen LogP contribution < -0.4 is 10.2 Å². The molecule has 3 fully saturated rings. The van der Waals surface area contributed by atoms with Gasteiger partial charge < -0.3 is 15.1 Å². The van der Waals surface area contributed by atoms with Gasteiger partial charge in [0.25, 0.3) is 0 Å². The summed E-state index contributed by atoms with van der Waals surface area (Å²) in [7, 11) is 0. The van der Waals surface area contributed by atoms with Gasteiger partial charge in [-0.15, -0.1) is 11.3 Å². The van der Waals surface area contributed by atoms with Crippen molar-refractivity contribution in [2.75, 3.05) is 37.6 Å². The molecule has 148 valence electrons. The maximum atomic E-state index is 13.3. The van der Waals surface area contributed by atoms with Crippen LogP contribution in [-0.4, -0.2) is 76.9 Å². The highest BCUT2D eigenvalue weighted by molar-refractivity contribution is 7.13.